The highest BCUT2D eigenvalue weighted by Crippen LogP contribution is 2.25. The molecule has 124 valence electrons. The van der Waals surface area contributed by atoms with Crippen LogP contribution in [0.1, 0.15) is 30.5 Å². The van der Waals surface area contributed by atoms with Crippen molar-refractivity contribution in [1.29, 1.82) is 0 Å². The number of nitrogens with two attached hydrogens (primary N) is 1. The van der Waals surface area contributed by atoms with Gasteiger partial charge in [0.15, 0.2) is 0 Å². The molecule has 2 rings (SSSR count). The molecule has 0 heterocycles. The highest BCUT2D eigenvalue weighted by molar-refractivity contribution is 5.85. The van der Waals surface area contributed by atoms with E-state index in [9.17, 15) is 4.79 Å². The molecule has 0 bridgehead atoms. The third-order valence-electron chi connectivity index (χ3n) is 3.23. The van der Waals surface area contributed by atoms with E-state index in [4.69, 9.17) is 15.2 Å². The molecule has 0 radical (unpaired) electrons. The average molecular weight is 336 g/mol. The van der Waals surface area contributed by atoms with Crippen LogP contribution in [0.5, 0.6) is 11.5 Å². The van der Waals surface area contributed by atoms with Gasteiger partial charge in [-0.1, -0.05) is 29.8 Å². The summed E-state index contributed by atoms with van der Waals surface area (Å²) in [6.45, 7) is 4.17. The zero-order chi connectivity index (χ0) is 15.9. The molecule has 2 N–H and O–H groups in total. The number of hydrogen-bond donors (Lipinski definition) is 1. The summed E-state index contributed by atoms with van der Waals surface area (Å²) in [5, 5.41) is 0. The molecule has 0 aromatic heterocycles. The van der Waals surface area contributed by atoms with E-state index in [0.717, 1.165) is 11.3 Å². The van der Waals surface area contributed by atoms with Gasteiger partial charge in [0.25, 0.3) is 0 Å². The van der Waals surface area contributed by atoms with Crippen molar-refractivity contribution < 1.29 is 14.3 Å². The standard InChI is InChI=1S/C18H21NO3.ClH/c1-3-21-18(20)12-17(19)14-5-4-6-16(11-14)22-15-9-7-13(2)8-10-15;/h4-11,17H,3,12,19H2,1-2H3;1H/t17-;/m0./s1. The van der Waals surface area contributed by atoms with Crippen molar-refractivity contribution in [3.8, 4) is 11.5 Å². The molecule has 2 aromatic carbocycles. The number of carbonyl (C=O) groups excluding carboxylic acids is 1. The molecule has 4 nitrogen and oxygen atoms in total. The predicted molar refractivity (Wildman–Crippen MR) is 93.1 cm³/mol. The maximum atomic E-state index is 11.5. The number of aryl methyl sites for hydroxylation is 1. The lowest BCUT2D eigenvalue weighted by Gasteiger charge is -2.13. The number of benzene rings is 2. The number of esters is 1. The summed E-state index contributed by atoms with van der Waals surface area (Å²) in [7, 11) is 0. The van der Waals surface area contributed by atoms with Gasteiger partial charge in [-0.2, -0.15) is 0 Å². The molecule has 2 aromatic rings. The summed E-state index contributed by atoms with van der Waals surface area (Å²) in [5.41, 5.74) is 8.08. The second-order valence-electron chi connectivity index (χ2n) is 5.10. The van der Waals surface area contributed by atoms with Crippen LogP contribution in [-0.4, -0.2) is 12.6 Å². The van der Waals surface area contributed by atoms with Gasteiger partial charge in [0.05, 0.1) is 13.0 Å². The number of rotatable bonds is 6. The number of ether oxygens (including phenoxy) is 2. The third kappa shape index (κ3) is 5.93. The summed E-state index contributed by atoms with van der Waals surface area (Å²) in [6, 6.07) is 14.9. The largest absolute Gasteiger partial charge is 0.466 e. The van der Waals surface area contributed by atoms with E-state index in [0.29, 0.717) is 12.4 Å². The first-order chi connectivity index (χ1) is 10.6. The minimum atomic E-state index is -0.402. The Morgan fingerprint density at radius 3 is 2.48 bits per heavy atom. The molecule has 0 fully saturated rings. The SMILES string of the molecule is CCOC(=O)C[C@H](N)c1cccc(Oc2ccc(C)cc2)c1.Cl. The van der Waals surface area contributed by atoms with E-state index < -0.39 is 6.04 Å². The molecular formula is C18H22ClNO3. The highest BCUT2D eigenvalue weighted by Gasteiger charge is 2.13. The van der Waals surface area contributed by atoms with E-state index in [1.54, 1.807) is 6.92 Å². The van der Waals surface area contributed by atoms with E-state index in [-0.39, 0.29) is 24.8 Å². The van der Waals surface area contributed by atoms with Crippen LogP contribution in [0.2, 0.25) is 0 Å². The first-order valence-electron chi connectivity index (χ1n) is 7.34. The van der Waals surface area contributed by atoms with Crippen LogP contribution in [0.3, 0.4) is 0 Å². The molecule has 0 unspecified atom stereocenters. The minimum Gasteiger partial charge on any atom is -0.466 e. The Balaban J connectivity index is 0.00000264. The molecule has 0 spiro atoms. The fourth-order valence-corrected chi connectivity index (χ4v) is 2.07. The Hall–Kier alpha value is -2.04. The monoisotopic (exact) mass is 335 g/mol. The molecule has 0 aliphatic rings. The van der Waals surface area contributed by atoms with Gasteiger partial charge in [-0.05, 0) is 43.7 Å². The lowest BCUT2D eigenvalue weighted by molar-refractivity contribution is -0.143. The summed E-state index contributed by atoms with van der Waals surface area (Å²) in [6.07, 6.45) is 0.155. The molecule has 23 heavy (non-hydrogen) atoms. The van der Waals surface area contributed by atoms with Crippen molar-refractivity contribution in [2.45, 2.75) is 26.3 Å². The van der Waals surface area contributed by atoms with Gasteiger partial charge in [-0.25, -0.2) is 0 Å². The van der Waals surface area contributed by atoms with Crippen molar-refractivity contribution >= 4 is 18.4 Å². The van der Waals surface area contributed by atoms with Crippen LogP contribution >= 0.6 is 12.4 Å². The van der Waals surface area contributed by atoms with Gasteiger partial charge in [0.1, 0.15) is 11.5 Å². The van der Waals surface area contributed by atoms with Crippen LogP contribution in [0.4, 0.5) is 0 Å². The molecule has 0 aliphatic carbocycles. The Morgan fingerprint density at radius 1 is 1.13 bits per heavy atom. The van der Waals surface area contributed by atoms with E-state index in [1.807, 2.05) is 55.5 Å². The maximum absolute atomic E-state index is 11.5. The van der Waals surface area contributed by atoms with E-state index >= 15 is 0 Å². The Kier molecular flexibility index (Phi) is 7.59. The summed E-state index contributed by atoms with van der Waals surface area (Å²) in [5.74, 6) is 1.17. The fourth-order valence-electron chi connectivity index (χ4n) is 2.07. The summed E-state index contributed by atoms with van der Waals surface area (Å²) >= 11 is 0. The second-order valence-corrected chi connectivity index (χ2v) is 5.10. The van der Waals surface area contributed by atoms with Crippen molar-refractivity contribution in [2.75, 3.05) is 6.61 Å². The van der Waals surface area contributed by atoms with Crippen molar-refractivity contribution in [3.63, 3.8) is 0 Å². The van der Waals surface area contributed by atoms with E-state index in [2.05, 4.69) is 0 Å². The van der Waals surface area contributed by atoms with Crippen LogP contribution in [0.25, 0.3) is 0 Å². The topological polar surface area (TPSA) is 61.5 Å². The van der Waals surface area contributed by atoms with Crippen molar-refractivity contribution in [1.82, 2.24) is 0 Å². The molecule has 0 amide bonds. The van der Waals surface area contributed by atoms with Crippen molar-refractivity contribution in [2.24, 2.45) is 5.73 Å². The van der Waals surface area contributed by atoms with Gasteiger partial charge in [0, 0.05) is 6.04 Å². The van der Waals surface area contributed by atoms with E-state index in [1.165, 1.54) is 5.56 Å². The summed E-state index contributed by atoms with van der Waals surface area (Å²) in [4.78, 5) is 11.5. The fraction of sp³-hybridized carbons (Fsp3) is 0.278. The number of halogens is 1. The Morgan fingerprint density at radius 2 is 1.83 bits per heavy atom. The average Bonchev–Trinajstić information content (AvgIpc) is 2.50. The summed E-state index contributed by atoms with van der Waals surface area (Å²) < 4.78 is 10.7. The maximum Gasteiger partial charge on any atom is 0.307 e. The van der Waals surface area contributed by atoms with Gasteiger partial charge in [-0.3, -0.25) is 4.79 Å². The zero-order valence-corrected chi connectivity index (χ0v) is 14.1. The molecule has 5 heteroatoms. The van der Waals surface area contributed by atoms with Crippen LogP contribution < -0.4 is 10.5 Å². The Labute approximate surface area is 143 Å². The molecule has 0 saturated carbocycles. The van der Waals surface area contributed by atoms with Crippen molar-refractivity contribution in [3.05, 3.63) is 59.7 Å². The first kappa shape index (κ1) is 19.0. The minimum absolute atomic E-state index is 0. The second kappa shape index (κ2) is 9.18. The van der Waals surface area contributed by atoms with Gasteiger partial charge < -0.3 is 15.2 Å². The molecule has 0 aliphatic heterocycles. The molecular weight excluding hydrogens is 314 g/mol. The zero-order valence-electron chi connectivity index (χ0n) is 13.3. The van der Waals surface area contributed by atoms with Gasteiger partial charge in [0.2, 0.25) is 0 Å². The molecule has 0 saturated heterocycles. The third-order valence-corrected chi connectivity index (χ3v) is 3.23. The van der Waals surface area contributed by atoms with Gasteiger partial charge in [-0.15, -0.1) is 12.4 Å². The van der Waals surface area contributed by atoms with Crippen LogP contribution in [-0.2, 0) is 9.53 Å². The first-order valence-corrected chi connectivity index (χ1v) is 7.34. The van der Waals surface area contributed by atoms with Crippen LogP contribution in [0.15, 0.2) is 48.5 Å². The quantitative estimate of drug-likeness (QED) is 0.805. The lowest BCUT2D eigenvalue weighted by Crippen LogP contribution is -2.17. The predicted octanol–water partition coefficient (Wildman–Crippen LogP) is 4.16. The highest BCUT2D eigenvalue weighted by atomic mass is 35.5. The Bertz CT molecular complexity index is 628. The molecule has 1 atom stereocenters. The number of carbonyl (C=O) groups is 1. The van der Waals surface area contributed by atoms with Crippen LogP contribution in [0, 0.1) is 6.92 Å². The van der Waals surface area contributed by atoms with Gasteiger partial charge >= 0.3 is 5.97 Å². The normalized spacial score (nSPS) is 11.3. The lowest BCUT2D eigenvalue weighted by atomic mass is 10.0. The number of hydrogen-bond acceptors (Lipinski definition) is 4. The smallest absolute Gasteiger partial charge is 0.307 e.